The zero-order valence-corrected chi connectivity index (χ0v) is 11.1. The van der Waals surface area contributed by atoms with Gasteiger partial charge in [0.2, 0.25) is 0 Å². The molecular weight excluding hydrogens is 280 g/mol. The highest BCUT2D eigenvalue weighted by Crippen LogP contribution is 2.30. The molecule has 0 fully saturated rings. The van der Waals surface area contributed by atoms with Crippen LogP contribution in [0.2, 0.25) is 0 Å². The normalized spacial score (nSPS) is 17.9. The van der Waals surface area contributed by atoms with Crippen LogP contribution in [0.3, 0.4) is 0 Å². The number of hydrogen-bond donors (Lipinski definition) is 0. The maximum absolute atomic E-state index is 5.90. The minimum absolute atomic E-state index is 0.193. The van der Waals surface area contributed by atoms with E-state index in [0.717, 1.165) is 23.2 Å². The highest BCUT2D eigenvalue weighted by Gasteiger charge is 2.23. The van der Waals surface area contributed by atoms with Crippen LogP contribution in [-0.2, 0) is 13.0 Å². The Hall–Kier alpha value is -1.29. The van der Waals surface area contributed by atoms with E-state index >= 15 is 0 Å². The van der Waals surface area contributed by atoms with Crippen molar-refractivity contribution in [3.63, 3.8) is 0 Å². The SMILES string of the molecule is Cc1ccc2c(c1)CC(Cn1cc(Br)cn1)O2. The van der Waals surface area contributed by atoms with Crippen LogP contribution < -0.4 is 4.74 Å². The molecule has 0 N–H and O–H groups in total. The molecule has 0 aliphatic carbocycles. The summed E-state index contributed by atoms with van der Waals surface area (Å²) in [6.45, 7) is 2.90. The third kappa shape index (κ3) is 2.22. The van der Waals surface area contributed by atoms with E-state index in [2.05, 4.69) is 46.2 Å². The fraction of sp³-hybridized carbons (Fsp3) is 0.308. The number of halogens is 1. The van der Waals surface area contributed by atoms with Gasteiger partial charge in [-0.05, 0) is 34.5 Å². The van der Waals surface area contributed by atoms with Crippen LogP contribution in [0.1, 0.15) is 11.1 Å². The first-order valence-corrected chi connectivity index (χ1v) is 6.44. The van der Waals surface area contributed by atoms with Crippen molar-refractivity contribution in [2.75, 3.05) is 0 Å². The molecule has 0 amide bonds. The summed E-state index contributed by atoms with van der Waals surface area (Å²) >= 11 is 3.40. The molecule has 1 atom stereocenters. The number of benzene rings is 1. The van der Waals surface area contributed by atoms with E-state index < -0.39 is 0 Å². The Balaban J connectivity index is 1.74. The number of hydrogen-bond acceptors (Lipinski definition) is 2. The van der Waals surface area contributed by atoms with Crippen molar-refractivity contribution in [1.29, 1.82) is 0 Å². The lowest BCUT2D eigenvalue weighted by Gasteiger charge is -2.10. The monoisotopic (exact) mass is 292 g/mol. The lowest BCUT2D eigenvalue weighted by atomic mass is 10.1. The van der Waals surface area contributed by atoms with Crippen molar-refractivity contribution in [1.82, 2.24) is 9.78 Å². The lowest BCUT2D eigenvalue weighted by Crippen LogP contribution is -2.20. The van der Waals surface area contributed by atoms with Crippen molar-refractivity contribution < 1.29 is 4.74 Å². The van der Waals surface area contributed by atoms with Crippen molar-refractivity contribution in [3.8, 4) is 5.75 Å². The van der Waals surface area contributed by atoms with Gasteiger partial charge in [-0.15, -0.1) is 0 Å². The molecule has 0 saturated heterocycles. The van der Waals surface area contributed by atoms with Crippen LogP contribution in [0.15, 0.2) is 35.1 Å². The van der Waals surface area contributed by atoms with Crippen LogP contribution in [0.5, 0.6) is 5.75 Å². The van der Waals surface area contributed by atoms with Crippen LogP contribution in [0.4, 0.5) is 0 Å². The van der Waals surface area contributed by atoms with Gasteiger partial charge in [0.1, 0.15) is 11.9 Å². The van der Waals surface area contributed by atoms with Crippen LogP contribution in [0, 0.1) is 6.92 Å². The topological polar surface area (TPSA) is 27.1 Å². The first-order chi connectivity index (χ1) is 8.20. The van der Waals surface area contributed by atoms with E-state index in [1.165, 1.54) is 11.1 Å². The van der Waals surface area contributed by atoms with Gasteiger partial charge in [-0.3, -0.25) is 4.68 Å². The molecular formula is C13H13BrN2O. The van der Waals surface area contributed by atoms with Gasteiger partial charge in [0.15, 0.2) is 0 Å². The number of rotatable bonds is 2. The van der Waals surface area contributed by atoms with Crippen LogP contribution in [0.25, 0.3) is 0 Å². The molecule has 0 saturated carbocycles. The molecule has 2 heterocycles. The van der Waals surface area contributed by atoms with Gasteiger partial charge in [-0.25, -0.2) is 0 Å². The Bertz CT molecular complexity index is 548. The molecule has 0 spiro atoms. The third-order valence-electron chi connectivity index (χ3n) is 2.95. The molecule has 3 rings (SSSR count). The summed E-state index contributed by atoms with van der Waals surface area (Å²) in [7, 11) is 0. The number of aryl methyl sites for hydroxylation is 1. The van der Waals surface area contributed by atoms with E-state index in [-0.39, 0.29) is 6.10 Å². The first-order valence-electron chi connectivity index (χ1n) is 5.65. The zero-order valence-electron chi connectivity index (χ0n) is 9.56. The Labute approximate surface area is 109 Å². The van der Waals surface area contributed by atoms with Gasteiger partial charge >= 0.3 is 0 Å². The molecule has 4 heteroatoms. The first kappa shape index (κ1) is 10.8. The molecule has 0 bridgehead atoms. The second kappa shape index (κ2) is 4.18. The highest BCUT2D eigenvalue weighted by atomic mass is 79.9. The van der Waals surface area contributed by atoms with Crippen LogP contribution in [-0.4, -0.2) is 15.9 Å². The van der Waals surface area contributed by atoms with Gasteiger partial charge in [-0.1, -0.05) is 17.7 Å². The van der Waals surface area contributed by atoms with E-state index in [0.29, 0.717) is 0 Å². The molecule has 17 heavy (non-hydrogen) atoms. The van der Waals surface area contributed by atoms with Crippen molar-refractivity contribution in [3.05, 3.63) is 46.2 Å². The molecule has 2 aromatic rings. The summed E-state index contributed by atoms with van der Waals surface area (Å²) in [4.78, 5) is 0. The summed E-state index contributed by atoms with van der Waals surface area (Å²) in [6.07, 6.45) is 4.93. The minimum atomic E-state index is 0.193. The molecule has 3 nitrogen and oxygen atoms in total. The Morgan fingerprint density at radius 3 is 3.18 bits per heavy atom. The maximum Gasteiger partial charge on any atom is 0.123 e. The fourth-order valence-corrected chi connectivity index (χ4v) is 2.53. The average molecular weight is 293 g/mol. The molecule has 1 aliphatic rings. The molecule has 88 valence electrons. The number of aromatic nitrogens is 2. The predicted octanol–water partition coefficient (Wildman–Crippen LogP) is 2.96. The molecule has 1 unspecified atom stereocenters. The van der Waals surface area contributed by atoms with E-state index in [1.54, 1.807) is 6.20 Å². The smallest absolute Gasteiger partial charge is 0.123 e. The standard InChI is InChI=1S/C13H13BrN2O/c1-9-2-3-13-10(4-9)5-12(17-13)8-16-7-11(14)6-15-16/h2-4,6-7,12H,5,8H2,1H3. The molecule has 1 aromatic heterocycles. The Morgan fingerprint density at radius 1 is 1.53 bits per heavy atom. The number of ether oxygens (including phenoxy) is 1. The lowest BCUT2D eigenvalue weighted by molar-refractivity contribution is 0.203. The van der Waals surface area contributed by atoms with Crippen molar-refractivity contribution in [2.24, 2.45) is 0 Å². The van der Waals surface area contributed by atoms with E-state index in [9.17, 15) is 0 Å². The van der Waals surface area contributed by atoms with Gasteiger partial charge in [0.05, 0.1) is 17.2 Å². The average Bonchev–Trinajstić information content (AvgIpc) is 2.84. The number of nitrogens with zero attached hydrogens (tertiary/aromatic N) is 2. The van der Waals surface area contributed by atoms with Crippen LogP contribution >= 0.6 is 15.9 Å². The maximum atomic E-state index is 5.90. The fourth-order valence-electron chi connectivity index (χ4n) is 2.20. The number of fused-ring (bicyclic) bond motifs is 1. The van der Waals surface area contributed by atoms with E-state index in [4.69, 9.17) is 4.74 Å². The van der Waals surface area contributed by atoms with Crippen molar-refractivity contribution in [2.45, 2.75) is 26.0 Å². The summed E-state index contributed by atoms with van der Waals surface area (Å²) < 4.78 is 8.81. The molecule has 1 aromatic carbocycles. The predicted molar refractivity (Wildman–Crippen MR) is 69.2 cm³/mol. The highest BCUT2D eigenvalue weighted by molar-refractivity contribution is 9.10. The molecule has 0 radical (unpaired) electrons. The summed E-state index contributed by atoms with van der Waals surface area (Å²) in [5.41, 5.74) is 2.59. The summed E-state index contributed by atoms with van der Waals surface area (Å²) in [5.74, 6) is 1.02. The zero-order chi connectivity index (χ0) is 11.8. The third-order valence-corrected chi connectivity index (χ3v) is 3.36. The second-order valence-corrected chi connectivity index (χ2v) is 5.35. The Morgan fingerprint density at radius 2 is 2.41 bits per heavy atom. The minimum Gasteiger partial charge on any atom is -0.488 e. The Kier molecular flexibility index (Phi) is 2.67. The quantitative estimate of drug-likeness (QED) is 0.851. The van der Waals surface area contributed by atoms with Gasteiger partial charge in [0.25, 0.3) is 0 Å². The van der Waals surface area contributed by atoms with Crippen molar-refractivity contribution >= 4 is 15.9 Å². The largest absolute Gasteiger partial charge is 0.488 e. The summed E-state index contributed by atoms with van der Waals surface area (Å²) in [6, 6.07) is 6.35. The van der Waals surface area contributed by atoms with Gasteiger partial charge < -0.3 is 4.74 Å². The summed E-state index contributed by atoms with van der Waals surface area (Å²) in [5, 5.41) is 4.25. The molecule has 1 aliphatic heterocycles. The van der Waals surface area contributed by atoms with E-state index in [1.807, 2.05) is 10.9 Å². The van der Waals surface area contributed by atoms with Gasteiger partial charge in [0, 0.05) is 12.6 Å². The second-order valence-electron chi connectivity index (χ2n) is 4.44. The van der Waals surface area contributed by atoms with Gasteiger partial charge in [-0.2, -0.15) is 5.10 Å².